The minimum absolute atomic E-state index is 0.503. The number of imidazole rings is 1. The van der Waals surface area contributed by atoms with Gasteiger partial charge in [-0.15, -0.1) is 0 Å². The molecule has 0 bridgehead atoms. The van der Waals surface area contributed by atoms with Crippen molar-refractivity contribution < 1.29 is 0 Å². The van der Waals surface area contributed by atoms with Crippen molar-refractivity contribution >= 4 is 27.7 Å². The molecular weight excluding hydrogens is 270 g/mol. The molecule has 3 nitrogen and oxygen atoms in total. The van der Waals surface area contributed by atoms with Crippen LogP contribution in [0.15, 0.2) is 36.5 Å². The Hall–Kier alpha value is -2.29. The zero-order valence-corrected chi connectivity index (χ0v) is 13.5. The summed E-state index contributed by atoms with van der Waals surface area (Å²) in [6.45, 7) is 9.02. The second-order valence-corrected chi connectivity index (χ2v) is 6.70. The molecule has 0 amide bonds. The summed E-state index contributed by atoms with van der Waals surface area (Å²) in [5.74, 6) is 1.01. The average molecular weight is 291 g/mol. The number of hydrogen-bond donors (Lipinski definition) is 1. The number of aromatic amines is 1. The maximum Gasteiger partial charge on any atom is 0.143 e. The molecule has 0 unspecified atom stereocenters. The summed E-state index contributed by atoms with van der Waals surface area (Å²) in [5, 5.41) is 1.19. The van der Waals surface area contributed by atoms with Crippen molar-refractivity contribution in [1.29, 1.82) is 0 Å². The topological polar surface area (TPSA) is 33.1 Å². The smallest absolute Gasteiger partial charge is 0.143 e. The number of hydrogen-bond acceptors (Lipinski definition) is 1. The number of rotatable bonds is 2. The van der Waals surface area contributed by atoms with Gasteiger partial charge in [-0.2, -0.15) is 0 Å². The third-order valence-electron chi connectivity index (χ3n) is 4.50. The molecule has 3 aromatic heterocycles. The van der Waals surface area contributed by atoms with Gasteiger partial charge in [0.1, 0.15) is 16.8 Å². The van der Waals surface area contributed by atoms with E-state index in [1.807, 2.05) is 0 Å². The first-order valence-corrected chi connectivity index (χ1v) is 7.98. The predicted molar refractivity (Wildman–Crippen MR) is 92.7 cm³/mol. The van der Waals surface area contributed by atoms with Crippen molar-refractivity contribution in [1.82, 2.24) is 14.4 Å². The first kappa shape index (κ1) is 13.4. The van der Waals surface area contributed by atoms with Gasteiger partial charge in [-0.3, -0.25) is 4.40 Å². The van der Waals surface area contributed by atoms with E-state index in [1.54, 1.807) is 0 Å². The molecule has 0 saturated heterocycles. The fourth-order valence-electron chi connectivity index (χ4n) is 3.33. The van der Waals surface area contributed by atoms with Gasteiger partial charge in [-0.25, -0.2) is 4.98 Å². The van der Waals surface area contributed by atoms with Crippen molar-refractivity contribution in [2.75, 3.05) is 0 Å². The average Bonchev–Trinajstić information content (AvgIpc) is 3.01. The lowest BCUT2D eigenvalue weighted by molar-refractivity contribution is 0.781. The Bertz CT molecular complexity index is 986. The van der Waals surface area contributed by atoms with Crippen LogP contribution in [0.5, 0.6) is 0 Å². The molecule has 4 aromatic rings. The predicted octanol–water partition coefficient (Wildman–Crippen LogP) is 5.22. The zero-order chi connectivity index (χ0) is 15.4. The van der Waals surface area contributed by atoms with Crippen LogP contribution >= 0.6 is 0 Å². The number of H-pyrrole nitrogens is 1. The van der Waals surface area contributed by atoms with Gasteiger partial charge < -0.3 is 4.98 Å². The highest BCUT2D eigenvalue weighted by Crippen LogP contribution is 2.31. The molecular formula is C19H21N3. The highest BCUT2D eigenvalue weighted by Gasteiger charge is 2.16. The van der Waals surface area contributed by atoms with Gasteiger partial charge in [0.25, 0.3) is 0 Å². The molecule has 0 saturated carbocycles. The molecule has 3 heterocycles. The highest BCUT2D eigenvalue weighted by molar-refractivity contribution is 6.05. The number of nitrogens with one attached hydrogen (secondary N) is 1. The Morgan fingerprint density at radius 2 is 1.73 bits per heavy atom. The lowest BCUT2D eigenvalue weighted by atomic mass is 9.92. The maximum absolute atomic E-state index is 4.88. The number of para-hydroxylation sites is 1. The third kappa shape index (κ3) is 1.78. The number of pyridine rings is 1. The second-order valence-electron chi connectivity index (χ2n) is 6.70. The Labute approximate surface area is 130 Å². The lowest BCUT2D eigenvalue weighted by Gasteiger charge is -2.16. The Balaban J connectivity index is 2.13. The maximum atomic E-state index is 4.88. The largest absolute Gasteiger partial charge is 0.339 e. The summed E-state index contributed by atoms with van der Waals surface area (Å²) in [6.07, 6.45) is 2.26. The standard InChI is InChI=1S/C19H21N3/c1-11(2)14-9-17-21-18-13-7-5-6-8-16(13)20-19(18)22(17)10-15(14)12(3)4/h5-12,20H,1-4H3. The van der Waals surface area contributed by atoms with Crippen LogP contribution in [0, 0.1) is 0 Å². The summed E-state index contributed by atoms with van der Waals surface area (Å²) in [7, 11) is 0. The van der Waals surface area contributed by atoms with E-state index in [0.717, 1.165) is 22.3 Å². The van der Waals surface area contributed by atoms with E-state index in [0.29, 0.717) is 11.8 Å². The highest BCUT2D eigenvalue weighted by atomic mass is 15.1. The normalized spacial score (nSPS) is 12.5. The first-order chi connectivity index (χ1) is 10.6. The third-order valence-corrected chi connectivity index (χ3v) is 4.50. The van der Waals surface area contributed by atoms with Crippen LogP contribution in [-0.2, 0) is 0 Å². The molecule has 0 atom stereocenters. The molecule has 0 spiro atoms. The molecule has 0 aliphatic carbocycles. The van der Waals surface area contributed by atoms with E-state index >= 15 is 0 Å². The molecule has 3 heteroatoms. The van der Waals surface area contributed by atoms with Crippen LogP contribution in [0.1, 0.15) is 50.7 Å². The number of nitrogens with zero attached hydrogens (tertiary/aromatic N) is 2. The minimum Gasteiger partial charge on any atom is -0.339 e. The van der Waals surface area contributed by atoms with E-state index in [4.69, 9.17) is 4.98 Å². The molecule has 22 heavy (non-hydrogen) atoms. The van der Waals surface area contributed by atoms with Crippen LogP contribution in [0.2, 0.25) is 0 Å². The van der Waals surface area contributed by atoms with Crippen molar-refractivity contribution in [3.05, 3.63) is 47.7 Å². The Morgan fingerprint density at radius 3 is 2.45 bits per heavy atom. The number of fused-ring (bicyclic) bond motifs is 5. The Kier molecular flexibility index (Phi) is 2.80. The molecule has 112 valence electrons. The van der Waals surface area contributed by atoms with Crippen LogP contribution < -0.4 is 0 Å². The van der Waals surface area contributed by atoms with Gasteiger partial charge in [-0.05, 0) is 35.1 Å². The van der Waals surface area contributed by atoms with Gasteiger partial charge in [0.2, 0.25) is 0 Å². The van der Waals surface area contributed by atoms with Gasteiger partial charge in [0.05, 0.1) is 0 Å². The van der Waals surface area contributed by atoms with Gasteiger partial charge in [0.15, 0.2) is 0 Å². The van der Waals surface area contributed by atoms with Gasteiger partial charge >= 0.3 is 0 Å². The van der Waals surface area contributed by atoms with Crippen molar-refractivity contribution in [2.24, 2.45) is 0 Å². The monoisotopic (exact) mass is 291 g/mol. The summed E-state index contributed by atoms with van der Waals surface area (Å²) in [5.41, 5.74) is 7.13. The summed E-state index contributed by atoms with van der Waals surface area (Å²) >= 11 is 0. The molecule has 4 rings (SSSR count). The van der Waals surface area contributed by atoms with Gasteiger partial charge in [0, 0.05) is 17.1 Å². The lowest BCUT2D eigenvalue weighted by Crippen LogP contribution is -2.02. The van der Waals surface area contributed by atoms with E-state index in [1.165, 1.54) is 16.5 Å². The molecule has 1 aromatic carbocycles. The van der Waals surface area contributed by atoms with Crippen LogP contribution in [-0.4, -0.2) is 14.4 Å². The number of benzene rings is 1. The molecule has 0 aliphatic rings. The first-order valence-electron chi connectivity index (χ1n) is 7.98. The zero-order valence-electron chi connectivity index (χ0n) is 13.5. The minimum atomic E-state index is 0.503. The van der Waals surface area contributed by atoms with E-state index in [-0.39, 0.29) is 0 Å². The van der Waals surface area contributed by atoms with E-state index in [9.17, 15) is 0 Å². The summed E-state index contributed by atoms with van der Waals surface area (Å²) in [4.78, 5) is 8.39. The van der Waals surface area contributed by atoms with Crippen LogP contribution in [0.25, 0.3) is 27.7 Å². The Morgan fingerprint density at radius 1 is 1.00 bits per heavy atom. The summed E-state index contributed by atoms with van der Waals surface area (Å²) in [6, 6.07) is 10.6. The molecule has 0 aliphatic heterocycles. The summed E-state index contributed by atoms with van der Waals surface area (Å²) < 4.78 is 2.20. The van der Waals surface area contributed by atoms with Crippen molar-refractivity contribution in [3.8, 4) is 0 Å². The van der Waals surface area contributed by atoms with Crippen LogP contribution in [0.4, 0.5) is 0 Å². The second kappa shape index (κ2) is 4.60. The fraction of sp³-hybridized carbons (Fsp3) is 0.316. The van der Waals surface area contributed by atoms with E-state index < -0.39 is 0 Å². The molecule has 0 radical (unpaired) electrons. The van der Waals surface area contributed by atoms with Crippen molar-refractivity contribution in [2.45, 2.75) is 39.5 Å². The van der Waals surface area contributed by atoms with E-state index in [2.05, 4.69) is 73.6 Å². The fourth-order valence-corrected chi connectivity index (χ4v) is 3.33. The van der Waals surface area contributed by atoms with Gasteiger partial charge in [-0.1, -0.05) is 45.9 Å². The van der Waals surface area contributed by atoms with Crippen LogP contribution in [0.3, 0.4) is 0 Å². The van der Waals surface area contributed by atoms with Crippen molar-refractivity contribution in [3.63, 3.8) is 0 Å². The quantitative estimate of drug-likeness (QED) is 0.540. The molecule has 0 fully saturated rings. The number of aromatic nitrogens is 3. The molecule has 1 N–H and O–H groups in total. The SMILES string of the molecule is CC(C)c1cc2nc3c4ccccc4[nH]c3n2cc1C(C)C.